The Labute approximate surface area is 274 Å². The molecule has 1 aromatic carbocycles. The smallest absolute Gasteiger partial charge is 0.247 e. The molecule has 2 bridgehead atoms. The Kier molecular flexibility index (Phi) is 9.97. The monoisotopic (exact) mass is 639 g/mol. The van der Waals surface area contributed by atoms with Crippen LogP contribution in [-0.2, 0) is 14.4 Å². The van der Waals surface area contributed by atoms with E-state index in [1.165, 1.54) is 0 Å². The lowest BCUT2D eigenvalue weighted by Gasteiger charge is -2.46. The molecule has 45 heavy (non-hydrogen) atoms. The van der Waals surface area contributed by atoms with Crippen molar-refractivity contribution in [1.29, 1.82) is 0 Å². The summed E-state index contributed by atoms with van der Waals surface area (Å²) in [5.41, 5.74) is 0.132. The summed E-state index contributed by atoms with van der Waals surface area (Å²) in [7, 11) is 0. The average Bonchev–Trinajstić information content (AvgIpc) is 3.53. The lowest BCUT2D eigenvalue weighted by molar-refractivity contribution is -0.149. The van der Waals surface area contributed by atoms with Crippen molar-refractivity contribution in [2.45, 2.75) is 102 Å². The van der Waals surface area contributed by atoms with Gasteiger partial charge in [0, 0.05) is 29.1 Å². The molecule has 1 N–H and O–H groups in total. The van der Waals surface area contributed by atoms with Gasteiger partial charge in [0.25, 0.3) is 0 Å². The van der Waals surface area contributed by atoms with Crippen LogP contribution < -0.4 is 9.64 Å². The summed E-state index contributed by atoms with van der Waals surface area (Å²) in [6.45, 7) is 25.2. The van der Waals surface area contributed by atoms with Gasteiger partial charge in [-0.15, -0.1) is 24.9 Å². The molecule has 6 atom stereocenters. The van der Waals surface area contributed by atoms with Gasteiger partial charge in [0.15, 0.2) is 0 Å². The topological polar surface area (TPSA) is 90.4 Å². The van der Waals surface area contributed by atoms with Crippen LogP contribution in [0.15, 0.2) is 49.6 Å². The molecule has 1 aromatic rings. The van der Waals surface area contributed by atoms with E-state index in [1.54, 1.807) is 40.6 Å². The van der Waals surface area contributed by atoms with E-state index in [-0.39, 0.29) is 36.3 Å². The van der Waals surface area contributed by atoms with Gasteiger partial charge >= 0.3 is 0 Å². The molecule has 4 rings (SSSR count). The number of likely N-dealkylation sites (tertiary alicyclic amines) is 1. The number of nitrogens with zero attached hydrogens (tertiary/aromatic N) is 3. The number of hydrogen-bond acceptors (Lipinski definition) is 6. The molecule has 3 fully saturated rings. The highest BCUT2D eigenvalue weighted by molar-refractivity contribution is 8.02. The molecule has 0 aliphatic carbocycles. The number of aliphatic hydroxyl groups excluding tert-OH is 1. The van der Waals surface area contributed by atoms with E-state index in [4.69, 9.17) is 4.74 Å². The maximum Gasteiger partial charge on any atom is 0.247 e. The molecule has 3 aliphatic rings. The van der Waals surface area contributed by atoms with Crippen LogP contribution in [0.1, 0.15) is 74.7 Å². The lowest BCUT2D eigenvalue weighted by atomic mass is 9.66. The van der Waals surface area contributed by atoms with Gasteiger partial charge in [-0.3, -0.25) is 14.4 Å². The van der Waals surface area contributed by atoms with Crippen LogP contribution in [0.3, 0.4) is 0 Å². The van der Waals surface area contributed by atoms with Crippen molar-refractivity contribution < 1.29 is 24.2 Å². The van der Waals surface area contributed by atoms with Crippen LogP contribution in [0.25, 0.3) is 0 Å². The predicted octanol–water partition coefficient (Wildman–Crippen LogP) is 5.70. The van der Waals surface area contributed by atoms with Gasteiger partial charge < -0.3 is 24.5 Å². The Balaban J connectivity index is 1.80. The Morgan fingerprint density at radius 1 is 1.11 bits per heavy atom. The predicted molar refractivity (Wildman–Crippen MR) is 182 cm³/mol. The number of anilines is 1. The maximum atomic E-state index is 15.0. The van der Waals surface area contributed by atoms with Gasteiger partial charge in [0.1, 0.15) is 11.8 Å². The number of fused-ring (bicyclic) bond motifs is 1. The summed E-state index contributed by atoms with van der Waals surface area (Å²) in [5, 5.41) is 10.4. The SMILES string of the molecule is C=CCN(C(=O)[C@@H]1[C@H]2C(=O)N([C@H](C)CO)C(C(=O)N(CC=C)C(C)(C)CC(C)(C)C)C23CC[C@@]1(C)S3)c1ccc(OCC)cc1. The van der Waals surface area contributed by atoms with E-state index >= 15 is 0 Å². The molecule has 2 unspecified atom stereocenters. The second kappa shape index (κ2) is 12.8. The zero-order chi connectivity index (χ0) is 33.5. The summed E-state index contributed by atoms with van der Waals surface area (Å²) < 4.78 is 4.30. The summed E-state index contributed by atoms with van der Waals surface area (Å²) in [6.07, 6.45) is 5.54. The van der Waals surface area contributed by atoms with E-state index in [0.717, 1.165) is 6.42 Å². The van der Waals surface area contributed by atoms with Gasteiger partial charge in [-0.2, -0.15) is 0 Å². The number of hydrogen-bond donors (Lipinski definition) is 1. The molecule has 8 nitrogen and oxygen atoms in total. The first-order valence-corrected chi connectivity index (χ1v) is 17.0. The first-order valence-electron chi connectivity index (χ1n) is 16.2. The molecule has 3 amide bonds. The largest absolute Gasteiger partial charge is 0.494 e. The second-order valence-corrected chi connectivity index (χ2v) is 16.9. The third kappa shape index (κ3) is 6.19. The minimum absolute atomic E-state index is 0.0470. The van der Waals surface area contributed by atoms with E-state index in [9.17, 15) is 19.5 Å². The molecule has 0 saturated carbocycles. The molecular weight excluding hydrogens is 586 g/mol. The van der Waals surface area contributed by atoms with E-state index < -0.39 is 39.0 Å². The highest BCUT2D eigenvalue weighted by Crippen LogP contribution is 2.72. The molecule has 3 aliphatic heterocycles. The van der Waals surface area contributed by atoms with Gasteiger partial charge in [0.2, 0.25) is 17.7 Å². The Morgan fingerprint density at radius 3 is 2.27 bits per heavy atom. The number of thioether (sulfide) groups is 1. The highest BCUT2D eigenvalue weighted by atomic mass is 32.2. The van der Waals surface area contributed by atoms with Crippen molar-refractivity contribution in [2.24, 2.45) is 17.3 Å². The third-order valence-corrected chi connectivity index (χ3v) is 11.7. The number of carbonyl (C=O) groups is 3. The molecule has 3 heterocycles. The van der Waals surface area contributed by atoms with Crippen molar-refractivity contribution >= 4 is 35.2 Å². The van der Waals surface area contributed by atoms with Crippen molar-refractivity contribution in [1.82, 2.24) is 9.80 Å². The lowest BCUT2D eigenvalue weighted by Crippen LogP contribution is -2.61. The van der Waals surface area contributed by atoms with Crippen LogP contribution in [0.2, 0.25) is 0 Å². The molecule has 1 spiro atoms. The standard InChI is InChI=1S/C36H53N3O5S/c1-11-20-37(25-14-16-26(17-15-25)44-13-3)30(41)27-28-31(42)39(24(4)22-40)29(36(28)19-18-35(27,10)45-36)32(43)38(21-12-2)34(8,9)23-33(5,6)7/h11-12,14-17,24,27-29,40H,1-2,13,18-23H2,3-10H3/t24-,27+,28+,29?,35-,36?/m1/s1. The Morgan fingerprint density at radius 2 is 1.73 bits per heavy atom. The number of carbonyl (C=O) groups excluding carboxylic acids is 3. The van der Waals surface area contributed by atoms with Crippen LogP contribution in [0, 0.1) is 17.3 Å². The fraction of sp³-hybridized carbons (Fsp3) is 0.639. The van der Waals surface area contributed by atoms with Crippen LogP contribution in [0.5, 0.6) is 5.75 Å². The zero-order valence-electron chi connectivity index (χ0n) is 28.5. The van der Waals surface area contributed by atoms with Crippen molar-refractivity contribution in [3.05, 3.63) is 49.6 Å². The maximum absolute atomic E-state index is 15.0. The molecule has 3 saturated heterocycles. The Bertz CT molecular complexity index is 1310. The van der Waals surface area contributed by atoms with Crippen molar-refractivity contribution in [3.63, 3.8) is 0 Å². The van der Waals surface area contributed by atoms with Gasteiger partial charge in [-0.05, 0) is 83.6 Å². The van der Waals surface area contributed by atoms with E-state index in [2.05, 4.69) is 54.7 Å². The quantitative estimate of drug-likeness (QED) is 0.279. The Hall–Kier alpha value is -2.78. The minimum Gasteiger partial charge on any atom is -0.494 e. The number of rotatable bonds is 13. The molecule has 0 aromatic heterocycles. The average molecular weight is 640 g/mol. The normalized spacial score (nSPS) is 28.1. The summed E-state index contributed by atoms with van der Waals surface area (Å²) in [6, 6.07) is 6.01. The summed E-state index contributed by atoms with van der Waals surface area (Å²) in [5.74, 6) is -1.12. The first-order chi connectivity index (χ1) is 21.0. The van der Waals surface area contributed by atoms with Gasteiger partial charge in [-0.1, -0.05) is 32.9 Å². The van der Waals surface area contributed by atoms with E-state index in [0.29, 0.717) is 37.4 Å². The van der Waals surface area contributed by atoms with Crippen molar-refractivity contribution in [3.8, 4) is 5.75 Å². The third-order valence-electron chi connectivity index (χ3n) is 9.76. The highest BCUT2D eigenvalue weighted by Gasteiger charge is 2.78. The molecule has 0 radical (unpaired) electrons. The number of ether oxygens (including phenoxy) is 1. The number of amides is 3. The van der Waals surface area contributed by atoms with Crippen LogP contribution in [-0.4, -0.2) is 86.0 Å². The second-order valence-electron chi connectivity index (χ2n) is 15.0. The van der Waals surface area contributed by atoms with Gasteiger partial charge in [0.05, 0.1) is 35.8 Å². The zero-order valence-corrected chi connectivity index (χ0v) is 29.3. The molecule has 248 valence electrons. The summed E-state index contributed by atoms with van der Waals surface area (Å²) >= 11 is 1.65. The number of benzene rings is 1. The summed E-state index contributed by atoms with van der Waals surface area (Å²) in [4.78, 5) is 49.5. The van der Waals surface area contributed by atoms with Gasteiger partial charge in [-0.25, -0.2) is 0 Å². The molecule has 9 heteroatoms. The fourth-order valence-electron chi connectivity index (χ4n) is 8.40. The first kappa shape index (κ1) is 35.1. The minimum atomic E-state index is -0.806. The fourth-order valence-corrected chi connectivity index (χ4v) is 10.7. The van der Waals surface area contributed by atoms with Crippen LogP contribution >= 0.6 is 11.8 Å². The van der Waals surface area contributed by atoms with Crippen molar-refractivity contribution in [2.75, 3.05) is 31.2 Å². The van der Waals surface area contributed by atoms with E-state index in [1.807, 2.05) is 36.1 Å². The molecular formula is C36H53N3O5S. The van der Waals surface area contributed by atoms with Crippen LogP contribution in [0.4, 0.5) is 5.69 Å². The number of aliphatic hydroxyl groups is 1.